The highest BCUT2D eigenvalue weighted by Gasteiger charge is 2.32. The van der Waals surface area contributed by atoms with Gasteiger partial charge in [-0.2, -0.15) is 0 Å². The average Bonchev–Trinajstić information content (AvgIpc) is 3.05. The van der Waals surface area contributed by atoms with Crippen LogP contribution in [0.4, 0.5) is 0 Å². The van der Waals surface area contributed by atoms with Crippen LogP contribution in [0.25, 0.3) is 15.9 Å². The lowest BCUT2D eigenvalue weighted by atomic mass is 9.72. The summed E-state index contributed by atoms with van der Waals surface area (Å²) in [6.45, 7) is 11.5. The van der Waals surface area contributed by atoms with Crippen molar-refractivity contribution in [3.05, 3.63) is 51.1 Å². The fraction of sp³-hybridized carbons (Fsp3) is 0.520. The van der Waals surface area contributed by atoms with Gasteiger partial charge in [-0.1, -0.05) is 64.6 Å². The molecule has 0 bridgehead atoms. The van der Waals surface area contributed by atoms with E-state index in [2.05, 4.69) is 34.6 Å². The minimum absolute atomic E-state index is 0.102. The minimum Gasteiger partial charge on any atom is -0.268 e. The molecule has 0 amide bonds. The van der Waals surface area contributed by atoms with Crippen molar-refractivity contribution < 1.29 is 0 Å². The largest absolute Gasteiger partial charge is 0.268 e. The molecule has 1 aliphatic rings. The summed E-state index contributed by atoms with van der Waals surface area (Å²) < 4.78 is 1.84. The van der Waals surface area contributed by atoms with Crippen molar-refractivity contribution >= 4 is 33.3 Å². The molecule has 30 heavy (non-hydrogen) atoms. The molecule has 0 aliphatic heterocycles. The minimum atomic E-state index is 0.102. The molecule has 1 aliphatic carbocycles. The molecule has 0 radical (unpaired) electrons. The number of hydrogen-bond donors (Lipinski definition) is 0. The highest BCUT2D eigenvalue weighted by atomic mass is 32.2. The lowest BCUT2D eigenvalue weighted by molar-refractivity contribution is 0.218. The van der Waals surface area contributed by atoms with Gasteiger partial charge in [-0.3, -0.25) is 9.36 Å². The molecule has 1 aromatic carbocycles. The zero-order valence-corrected chi connectivity index (χ0v) is 20.3. The molecule has 3 aromatic rings. The van der Waals surface area contributed by atoms with Crippen LogP contribution in [0.2, 0.25) is 0 Å². The summed E-state index contributed by atoms with van der Waals surface area (Å²) in [6, 6.07) is 9.99. The van der Waals surface area contributed by atoms with Crippen molar-refractivity contribution in [3.63, 3.8) is 0 Å². The maximum atomic E-state index is 13.8. The van der Waals surface area contributed by atoms with Crippen LogP contribution in [0.5, 0.6) is 0 Å². The van der Waals surface area contributed by atoms with E-state index in [1.807, 2.05) is 34.9 Å². The molecule has 0 fully saturated rings. The second kappa shape index (κ2) is 8.51. The molecule has 0 saturated carbocycles. The molecule has 2 heterocycles. The summed E-state index contributed by atoms with van der Waals surface area (Å²) in [4.78, 5) is 21.1. The Labute approximate surface area is 187 Å². The Morgan fingerprint density at radius 2 is 1.97 bits per heavy atom. The fourth-order valence-corrected chi connectivity index (χ4v) is 6.83. The summed E-state index contributed by atoms with van der Waals surface area (Å²) in [5.74, 6) is 2.27. The zero-order chi connectivity index (χ0) is 21.5. The number of thioether (sulfide) groups is 1. The Balaban J connectivity index is 1.84. The van der Waals surface area contributed by atoms with Gasteiger partial charge in [0.1, 0.15) is 4.83 Å². The number of thiophene rings is 1. The van der Waals surface area contributed by atoms with Gasteiger partial charge < -0.3 is 0 Å². The van der Waals surface area contributed by atoms with Crippen LogP contribution in [-0.2, 0) is 12.8 Å². The van der Waals surface area contributed by atoms with Crippen molar-refractivity contribution in [2.24, 2.45) is 17.3 Å². The van der Waals surface area contributed by atoms with E-state index < -0.39 is 0 Å². The van der Waals surface area contributed by atoms with Gasteiger partial charge >= 0.3 is 0 Å². The smallest absolute Gasteiger partial charge is 0.267 e. The monoisotopic (exact) mass is 440 g/mol. The molecule has 5 heteroatoms. The third-order valence-corrected chi connectivity index (χ3v) is 8.34. The van der Waals surface area contributed by atoms with Gasteiger partial charge in [0.15, 0.2) is 5.16 Å². The fourth-order valence-electron chi connectivity index (χ4n) is 4.23. The Morgan fingerprint density at radius 3 is 2.63 bits per heavy atom. The Bertz CT molecular complexity index is 1090. The van der Waals surface area contributed by atoms with E-state index in [0.717, 1.165) is 52.5 Å². The maximum absolute atomic E-state index is 13.8. The summed E-state index contributed by atoms with van der Waals surface area (Å²) in [5, 5.41) is 1.68. The van der Waals surface area contributed by atoms with Crippen LogP contribution in [-0.4, -0.2) is 15.3 Å². The second-order valence-corrected chi connectivity index (χ2v) is 12.0. The molecule has 4 rings (SSSR count). The van der Waals surface area contributed by atoms with Crippen molar-refractivity contribution in [1.82, 2.24) is 9.55 Å². The molecule has 1 atom stereocenters. The molecule has 0 saturated heterocycles. The predicted molar refractivity (Wildman–Crippen MR) is 130 cm³/mol. The molecular weight excluding hydrogens is 408 g/mol. The van der Waals surface area contributed by atoms with Gasteiger partial charge in [0.25, 0.3) is 5.56 Å². The molecular formula is C25H32N2OS2. The van der Waals surface area contributed by atoms with Gasteiger partial charge in [0.2, 0.25) is 0 Å². The molecule has 0 spiro atoms. The third-order valence-electron chi connectivity index (χ3n) is 6.22. The molecule has 2 aromatic heterocycles. The second-order valence-electron chi connectivity index (χ2n) is 9.89. The van der Waals surface area contributed by atoms with Gasteiger partial charge in [-0.15, -0.1) is 11.3 Å². The van der Waals surface area contributed by atoms with E-state index >= 15 is 0 Å². The number of hydrogen-bond acceptors (Lipinski definition) is 4. The SMILES string of the molecule is CC(C)CCSc1nc2sc3c(c2c(=O)n1-c1ccccc1)CC[C@@H](C(C)(C)C)C3. The lowest BCUT2D eigenvalue weighted by Crippen LogP contribution is -2.27. The Hall–Kier alpha value is -1.59. The number of fused-ring (bicyclic) bond motifs is 3. The molecule has 3 nitrogen and oxygen atoms in total. The van der Waals surface area contributed by atoms with Crippen molar-refractivity contribution in [3.8, 4) is 5.69 Å². The number of para-hydroxylation sites is 1. The van der Waals surface area contributed by atoms with E-state index in [9.17, 15) is 4.79 Å². The number of aromatic nitrogens is 2. The predicted octanol–water partition coefficient (Wildman–Crippen LogP) is 6.74. The number of benzene rings is 1. The first-order valence-corrected chi connectivity index (χ1v) is 12.8. The normalized spacial score (nSPS) is 16.9. The van der Waals surface area contributed by atoms with E-state index in [4.69, 9.17) is 4.98 Å². The summed E-state index contributed by atoms with van der Waals surface area (Å²) in [7, 11) is 0. The molecule has 0 N–H and O–H groups in total. The quantitative estimate of drug-likeness (QED) is 0.326. The summed E-state index contributed by atoms with van der Waals surface area (Å²) in [5.41, 5.74) is 2.57. The van der Waals surface area contributed by atoms with Crippen LogP contribution in [0, 0.1) is 17.3 Å². The van der Waals surface area contributed by atoms with Crippen LogP contribution in [0.1, 0.15) is 57.9 Å². The highest BCUT2D eigenvalue weighted by Crippen LogP contribution is 2.42. The zero-order valence-electron chi connectivity index (χ0n) is 18.7. The Morgan fingerprint density at radius 1 is 1.23 bits per heavy atom. The van der Waals surface area contributed by atoms with Crippen molar-refractivity contribution in [1.29, 1.82) is 0 Å². The van der Waals surface area contributed by atoms with E-state index in [0.29, 0.717) is 17.3 Å². The van der Waals surface area contributed by atoms with Crippen molar-refractivity contribution in [2.75, 3.05) is 5.75 Å². The van der Waals surface area contributed by atoms with Crippen LogP contribution >= 0.6 is 23.1 Å². The molecule has 0 unspecified atom stereocenters. The Kier molecular flexibility index (Phi) is 6.13. The average molecular weight is 441 g/mol. The summed E-state index contributed by atoms with van der Waals surface area (Å²) in [6.07, 6.45) is 4.32. The molecule has 160 valence electrons. The van der Waals surface area contributed by atoms with Crippen molar-refractivity contribution in [2.45, 2.75) is 65.5 Å². The highest BCUT2D eigenvalue weighted by molar-refractivity contribution is 7.99. The lowest BCUT2D eigenvalue weighted by Gasteiger charge is -2.33. The third kappa shape index (κ3) is 4.24. The number of nitrogens with zero attached hydrogens (tertiary/aromatic N) is 2. The van der Waals surface area contributed by atoms with Gasteiger partial charge in [-0.25, -0.2) is 4.98 Å². The number of rotatable bonds is 5. The van der Waals surface area contributed by atoms with E-state index in [1.54, 1.807) is 23.1 Å². The summed E-state index contributed by atoms with van der Waals surface area (Å²) >= 11 is 3.46. The standard InChI is InChI=1S/C25H32N2OS2/c1-16(2)13-14-29-24-26-22-21(23(28)27(24)18-9-7-6-8-10-18)19-12-11-17(25(3,4)5)15-20(19)30-22/h6-10,16-17H,11-15H2,1-5H3/t17-/m1/s1. The first kappa shape index (κ1) is 21.6. The van der Waals surface area contributed by atoms with E-state index in [-0.39, 0.29) is 5.56 Å². The van der Waals surface area contributed by atoms with E-state index in [1.165, 1.54) is 10.4 Å². The first-order chi connectivity index (χ1) is 14.3. The number of aryl methyl sites for hydroxylation is 1. The van der Waals surface area contributed by atoms with Gasteiger partial charge in [0, 0.05) is 10.6 Å². The van der Waals surface area contributed by atoms with Crippen LogP contribution < -0.4 is 5.56 Å². The van der Waals surface area contributed by atoms with Crippen LogP contribution in [0.15, 0.2) is 40.3 Å². The first-order valence-electron chi connectivity index (χ1n) is 11.0. The van der Waals surface area contributed by atoms with Crippen LogP contribution in [0.3, 0.4) is 0 Å². The topological polar surface area (TPSA) is 34.9 Å². The van der Waals surface area contributed by atoms with Gasteiger partial charge in [-0.05, 0) is 60.6 Å². The van der Waals surface area contributed by atoms with Gasteiger partial charge in [0.05, 0.1) is 11.1 Å². The maximum Gasteiger partial charge on any atom is 0.267 e.